The van der Waals surface area contributed by atoms with Crippen molar-refractivity contribution in [2.75, 3.05) is 5.32 Å². The fourth-order valence-electron chi connectivity index (χ4n) is 2.58. The van der Waals surface area contributed by atoms with Gasteiger partial charge in [-0.2, -0.15) is 0 Å². The minimum Gasteiger partial charge on any atom is -0.378 e. The molecule has 4 rings (SSSR count). The number of benzene rings is 1. The molecule has 1 N–H and O–H groups in total. The number of imidazole rings is 1. The standard InChI is InChI=1S/C16H14N4S/c1-11-14(20-8-9-21-16(20)19-11)10-18-13-6-2-4-12-5-3-7-17-15(12)13/h2-9,18H,10H2,1H3. The molecule has 5 heteroatoms. The topological polar surface area (TPSA) is 42.2 Å². The van der Waals surface area contributed by atoms with Crippen molar-refractivity contribution in [3.05, 3.63) is 59.5 Å². The van der Waals surface area contributed by atoms with Crippen molar-refractivity contribution in [2.24, 2.45) is 0 Å². The summed E-state index contributed by atoms with van der Waals surface area (Å²) in [6.45, 7) is 2.79. The second-order valence-electron chi connectivity index (χ2n) is 4.93. The Balaban J connectivity index is 1.69. The Morgan fingerprint density at radius 3 is 3.10 bits per heavy atom. The van der Waals surface area contributed by atoms with Gasteiger partial charge in [-0.3, -0.25) is 9.38 Å². The smallest absolute Gasteiger partial charge is 0.194 e. The van der Waals surface area contributed by atoms with E-state index in [1.165, 1.54) is 5.69 Å². The number of aryl methyl sites for hydroxylation is 1. The molecule has 0 atom stereocenters. The predicted molar refractivity (Wildman–Crippen MR) is 86.9 cm³/mol. The van der Waals surface area contributed by atoms with Crippen LogP contribution >= 0.6 is 11.3 Å². The van der Waals surface area contributed by atoms with Crippen LogP contribution in [0.25, 0.3) is 15.9 Å². The fourth-order valence-corrected chi connectivity index (χ4v) is 3.36. The summed E-state index contributed by atoms with van der Waals surface area (Å²) in [6, 6.07) is 10.2. The Kier molecular flexibility index (Phi) is 2.86. The van der Waals surface area contributed by atoms with Gasteiger partial charge in [0.2, 0.25) is 0 Å². The fraction of sp³-hybridized carbons (Fsp3) is 0.125. The lowest BCUT2D eigenvalue weighted by Gasteiger charge is -2.09. The lowest BCUT2D eigenvalue weighted by atomic mass is 10.2. The van der Waals surface area contributed by atoms with E-state index in [2.05, 4.69) is 62.5 Å². The molecule has 3 aromatic heterocycles. The molecule has 0 radical (unpaired) electrons. The normalized spacial score (nSPS) is 11.3. The van der Waals surface area contributed by atoms with Gasteiger partial charge < -0.3 is 5.32 Å². The first-order valence-electron chi connectivity index (χ1n) is 6.81. The molecule has 0 fully saturated rings. The van der Waals surface area contributed by atoms with Crippen LogP contribution in [0.5, 0.6) is 0 Å². The average Bonchev–Trinajstić information content (AvgIpc) is 3.06. The first-order valence-corrected chi connectivity index (χ1v) is 7.69. The van der Waals surface area contributed by atoms with Gasteiger partial charge in [-0.15, -0.1) is 11.3 Å². The van der Waals surface area contributed by atoms with E-state index in [0.717, 1.165) is 33.8 Å². The summed E-state index contributed by atoms with van der Waals surface area (Å²) in [5, 5.41) is 6.70. The van der Waals surface area contributed by atoms with Gasteiger partial charge in [0, 0.05) is 23.2 Å². The Labute approximate surface area is 126 Å². The van der Waals surface area contributed by atoms with Crippen LogP contribution in [0.4, 0.5) is 5.69 Å². The molecule has 0 aliphatic heterocycles. The Bertz CT molecular complexity index is 917. The van der Waals surface area contributed by atoms with E-state index in [4.69, 9.17) is 0 Å². The van der Waals surface area contributed by atoms with Crippen LogP contribution in [0.2, 0.25) is 0 Å². The molecule has 0 saturated carbocycles. The van der Waals surface area contributed by atoms with Gasteiger partial charge in [-0.05, 0) is 19.1 Å². The highest BCUT2D eigenvalue weighted by atomic mass is 32.1. The van der Waals surface area contributed by atoms with E-state index in [1.54, 1.807) is 11.3 Å². The van der Waals surface area contributed by atoms with Crippen molar-refractivity contribution < 1.29 is 0 Å². The first kappa shape index (κ1) is 12.3. The van der Waals surface area contributed by atoms with Crippen LogP contribution in [0.15, 0.2) is 48.1 Å². The van der Waals surface area contributed by atoms with Gasteiger partial charge in [0.15, 0.2) is 4.96 Å². The molecular formula is C16H14N4S. The molecule has 0 saturated heterocycles. The van der Waals surface area contributed by atoms with Gasteiger partial charge in [0.1, 0.15) is 0 Å². The zero-order valence-corrected chi connectivity index (χ0v) is 12.4. The zero-order valence-electron chi connectivity index (χ0n) is 11.6. The number of aromatic nitrogens is 3. The molecular weight excluding hydrogens is 280 g/mol. The summed E-state index contributed by atoms with van der Waals surface area (Å²) in [5.74, 6) is 0. The van der Waals surface area contributed by atoms with Crippen molar-refractivity contribution in [3.8, 4) is 0 Å². The highest BCUT2D eigenvalue weighted by Crippen LogP contribution is 2.23. The molecule has 1 aromatic carbocycles. The van der Waals surface area contributed by atoms with Crippen LogP contribution in [0, 0.1) is 6.92 Å². The Morgan fingerprint density at radius 2 is 2.14 bits per heavy atom. The number of anilines is 1. The third kappa shape index (κ3) is 2.06. The van der Waals surface area contributed by atoms with Gasteiger partial charge in [-0.1, -0.05) is 18.2 Å². The zero-order chi connectivity index (χ0) is 14.2. The SMILES string of the molecule is Cc1nc2sccn2c1CNc1cccc2cccnc12. The molecule has 0 aliphatic rings. The van der Waals surface area contributed by atoms with Crippen molar-refractivity contribution in [3.63, 3.8) is 0 Å². The van der Waals surface area contributed by atoms with E-state index < -0.39 is 0 Å². The maximum atomic E-state index is 4.57. The van der Waals surface area contributed by atoms with E-state index in [0.29, 0.717) is 0 Å². The van der Waals surface area contributed by atoms with Gasteiger partial charge in [-0.25, -0.2) is 4.98 Å². The Morgan fingerprint density at radius 1 is 1.24 bits per heavy atom. The number of pyridine rings is 1. The predicted octanol–water partition coefficient (Wildman–Crippen LogP) is 3.86. The number of fused-ring (bicyclic) bond motifs is 2. The van der Waals surface area contributed by atoms with Gasteiger partial charge >= 0.3 is 0 Å². The number of thiazole rings is 1. The number of nitrogens with zero attached hydrogens (tertiary/aromatic N) is 3. The van der Waals surface area contributed by atoms with E-state index >= 15 is 0 Å². The van der Waals surface area contributed by atoms with Crippen LogP contribution < -0.4 is 5.32 Å². The van der Waals surface area contributed by atoms with E-state index in [9.17, 15) is 0 Å². The average molecular weight is 294 g/mol. The lowest BCUT2D eigenvalue weighted by Crippen LogP contribution is -2.04. The number of hydrogen-bond acceptors (Lipinski definition) is 4. The molecule has 0 bridgehead atoms. The molecule has 0 amide bonds. The minimum atomic E-state index is 0.736. The second-order valence-corrected chi connectivity index (χ2v) is 5.81. The maximum Gasteiger partial charge on any atom is 0.194 e. The van der Waals surface area contributed by atoms with Crippen molar-refractivity contribution >= 4 is 32.9 Å². The summed E-state index contributed by atoms with van der Waals surface area (Å²) >= 11 is 1.66. The van der Waals surface area contributed by atoms with Crippen LogP contribution in [0.1, 0.15) is 11.4 Å². The Hall–Kier alpha value is -2.40. The molecule has 0 unspecified atom stereocenters. The summed E-state index contributed by atoms with van der Waals surface area (Å²) < 4.78 is 2.14. The van der Waals surface area contributed by atoms with Crippen LogP contribution in [0.3, 0.4) is 0 Å². The number of hydrogen-bond donors (Lipinski definition) is 1. The molecule has 4 aromatic rings. The van der Waals surface area contributed by atoms with Crippen LogP contribution in [-0.2, 0) is 6.54 Å². The number of rotatable bonds is 3. The summed E-state index contributed by atoms with van der Waals surface area (Å²) in [5.41, 5.74) is 4.32. The molecule has 104 valence electrons. The third-order valence-electron chi connectivity index (χ3n) is 3.64. The number of nitrogens with one attached hydrogen (secondary N) is 1. The van der Waals surface area contributed by atoms with E-state index in [-0.39, 0.29) is 0 Å². The summed E-state index contributed by atoms with van der Waals surface area (Å²) in [7, 11) is 0. The first-order chi connectivity index (χ1) is 10.3. The summed E-state index contributed by atoms with van der Waals surface area (Å²) in [4.78, 5) is 10.1. The second kappa shape index (κ2) is 4.86. The monoisotopic (exact) mass is 294 g/mol. The van der Waals surface area contributed by atoms with Gasteiger partial charge in [0.25, 0.3) is 0 Å². The molecule has 0 aliphatic carbocycles. The third-order valence-corrected chi connectivity index (χ3v) is 4.40. The van der Waals surface area contributed by atoms with Crippen molar-refractivity contribution in [1.82, 2.24) is 14.4 Å². The van der Waals surface area contributed by atoms with Crippen molar-refractivity contribution in [1.29, 1.82) is 0 Å². The molecule has 21 heavy (non-hydrogen) atoms. The summed E-state index contributed by atoms with van der Waals surface area (Å²) in [6.07, 6.45) is 3.90. The molecule has 3 heterocycles. The van der Waals surface area contributed by atoms with Crippen LogP contribution in [-0.4, -0.2) is 14.4 Å². The maximum absolute atomic E-state index is 4.57. The lowest BCUT2D eigenvalue weighted by molar-refractivity contribution is 0.995. The quantitative estimate of drug-likeness (QED) is 0.624. The van der Waals surface area contributed by atoms with Crippen molar-refractivity contribution in [2.45, 2.75) is 13.5 Å². The molecule has 0 spiro atoms. The largest absolute Gasteiger partial charge is 0.378 e. The highest BCUT2D eigenvalue weighted by Gasteiger charge is 2.10. The number of para-hydroxylation sites is 1. The minimum absolute atomic E-state index is 0.736. The highest BCUT2D eigenvalue weighted by molar-refractivity contribution is 7.15. The molecule has 4 nitrogen and oxygen atoms in total. The van der Waals surface area contributed by atoms with E-state index in [1.807, 2.05) is 12.3 Å². The van der Waals surface area contributed by atoms with Gasteiger partial charge in [0.05, 0.1) is 29.1 Å².